The van der Waals surface area contributed by atoms with Gasteiger partial charge in [0.2, 0.25) is 0 Å². The maximum Gasteiger partial charge on any atom is 0.344 e. The second-order valence-corrected chi connectivity index (χ2v) is 7.82. The number of amides is 4. The lowest BCUT2D eigenvalue weighted by Crippen LogP contribution is -2.48. The third-order valence-electron chi connectivity index (χ3n) is 4.90. The number of rotatable bonds is 7. The lowest BCUT2D eigenvalue weighted by atomic mass is 10.00. The van der Waals surface area contributed by atoms with E-state index in [4.69, 9.17) is 9.47 Å². The number of methoxy groups -OCH3 is 1. The minimum absolute atomic E-state index is 0.191. The van der Waals surface area contributed by atoms with Crippen molar-refractivity contribution in [3.05, 3.63) is 58.1 Å². The molecule has 3 rings (SSSR count). The van der Waals surface area contributed by atoms with E-state index >= 15 is 0 Å². The van der Waals surface area contributed by atoms with Crippen molar-refractivity contribution in [2.75, 3.05) is 7.11 Å². The van der Waals surface area contributed by atoms with Crippen molar-refractivity contribution in [3.8, 4) is 11.5 Å². The van der Waals surface area contributed by atoms with Crippen LogP contribution in [0.2, 0.25) is 0 Å². The molecule has 9 heteroatoms. The average Bonchev–Trinajstić information content (AvgIpc) is 2.96. The molecule has 1 fully saturated rings. The number of hydrazine groups is 1. The summed E-state index contributed by atoms with van der Waals surface area (Å²) in [6.07, 6.45) is 0.400. The van der Waals surface area contributed by atoms with Crippen molar-refractivity contribution >= 4 is 33.8 Å². The van der Waals surface area contributed by atoms with Gasteiger partial charge in [0.1, 0.15) is 12.1 Å². The van der Waals surface area contributed by atoms with Crippen molar-refractivity contribution in [2.24, 2.45) is 0 Å². The van der Waals surface area contributed by atoms with Gasteiger partial charge < -0.3 is 14.8 Å². The van der Waals surface area contributed by atoms with Gasteiger partial charge in [0.15, 0.2) is 11.5 Å². The van der Waals surface area contributed by atoms with Crippen molar-refractivity contribution in [2.45, 2.75) is 32.4 Å². The number of benzene rings is 2. The predicted molar refractivity (Wildman–Crippen MR) is 113 cm³/mol. The third kappa shape index (κ3) is 4.25. The number of imide groups is 1. The number of ether oxygens (including phenoxy) is 2. The molecule has 0 aromatic heterocycles. The molecule has 0 aliphatic carbocycles. The predicted octanol–water partition coefficient (Wildman–Crippen LogP) is 3.40. The quantitative estimate of drug-likeness (QED) is 0.598. The molecule has 1 saturated heterocycles. The molecule has 30 heavy (non-hydrogen) atoms. The van der Waals surface area contributed by atoms with E-state index in [9.17, 15) is 14.4 Å². The summed E-state index contributed by atoms with van der Waals surface area (Å²) in [5.41, 5.74) is 2.48. The standard InChI is InChI=1S/C21H22BrN3O5/c1-4-21(2)19(27)25(20(28)23-21)24-18(26)14-10-15(22)17(16(11-14)29-3)30-12-13-8-6-5-7-9-13/h5-11H,4,12H2,1-3H3,(H,23,28)(H,24,26). The molecule has 1 aliphatic heterocycles. The van der Waals surface area contributed by atoms with E-state index in [1.807, 2.05) is 30.3 Å². The molecule has 1 atom stereocenters. The van der Waals surface area contributed by atoms with Crippen LogP contribution in [-0.4, -0.2) is 35.5 Å². The van der Waals surface area contributed by atoms with Gasteiger partial charge in [0.25, 0.3) is 11.8 Å². The largest absolute Gasteiger partial charge is 0.493 e. The van der Waals surface area contributed by atoms with Gasteiger partial charge in [0.05, 0.1) is 11.6 Å². The maximum absolute atomic E-state index is 12.7. The van der Waals surface area contributed by atoms with Crippen LogP contribution >= 0.6 is 15.9 Å². The molecule has 0 spiro atoms. The van der Waals surface area contributed by atoms with Crippen LogP contribution in [0.3, 0.4) is 0 Å². The number of carbonyl (C=O) groups is 3. The zero-order valence-electron chi connectivity index (χ0n) is 16.8. The highest BCUT2D eigenvalue weighted by molar-refractivity contribution is 9.10. The number of nitrogens with zero attached hydrogens (tertiary/aromatic N) is 1. The Labute approximate surface area is 182 Å². The molecule has 2 N–H and O–H groups in total. The first-order valence-corrected chi connectivity index (χ1v) is 10.1. The molecule has 2 aromatic carbocycles. The molecule has 0 radical (unpaired) electrons. The first-order chi connectivity index (χ1) is 14.3. The summed E-state index contributed by atoms with van der Waals surface area (Å²) in [5.74, 6) is -0.378. The molecule has 1 heterocycles. The number of urea groups is 1. The van der Waals surface area contributed by atoms with E-state index in [1.54, 1.807) is 13.8 Å². The summed E-state index contributed by atoms with van der Waals surface area (Å²) in [6.45, 7) is 3.71. The average molecular weight is 476 g/mol. The number of halogens is 1. The van der Waals surface area contributed by atoms with Crippen molar-refractivity contribution in [1.29, 1.82) is 0 Å². The summed E-state index contributed by atoms with van der Waals surface area (Å²) >= 11 is 3.40. The Kier molecular flexibility index (Phi) is 6.31. The minimum Gasteiger partial charge on any atom is -0.493 e. The van der Waals surface area contributed by atoms with E-state index in [1.165, 1.54) is 19.2 Å². The highest BCUT2D eigenvalue weighted by atomic mass is 79.9. The third-order valence-corrected chi connectivity index (χ3v) is 5.49. The van der Waals surface area contributed by atoms with Crippen molar-refractivity contribution < 1.29 is 23.9 Å². The highest BCUT2D eigenvalue weighted by Gasteiger charge is 2.47. The summed E-state index contributed by atoms with van der Waals surface area (Å²) in [5, 5.41) is 3.28. The van der Waals surface area contributed by atoms with Crippen molar-refractivity contribution in [3.63, 3.8) is 0 Å². The molecule has 1 aliphatic rings. The fourth-order valence-corrected chi connectivity index (χ4v) is 3.47. The van der Waals surface area contributed by atoms with Gasteiger partial charge >= 0.3 is 6.03 Å². The van der Waals surface area contributed by atoms with Crippen LogP contribution in [0.4, 0.5) is 4.79 Å². The van der Waals surface area contributed by atoms with Gasteiger partial charge in [-0.3, -0.25) is 15.0 Å². The number of hydrogen-bond donors (Lipinski definition) is 2. The van der Waals surface area contributed by atoms with Crippen LogP contribution in [0, 0.1) is 0 Å². The van der Waals surface area contributed by atoms with Crippen LogP contribution in [0.15, 0.2) is 46.9 Å². The Balaban J connectivity index is 1.78. The normalized spacial score (nSPS) is 18.2. The lowest BCUT2D eigenvalue weighted by molar-refractivity contribution is -0.132. The Bertz CT molecular complexity index is 982. The highest BCUT2D eigenvalue weighted by Crippen LogP contribution is 2.37. The second-order valence-electron chi connectivity index (χ2n) is 6.96. The molecule has 0 bridgehead atoms. The molecular formula is C21H22BrN3O5. The van der Waals surface area contributed by atoms with Gasteiger partial charge in [-0.05, 0) is 47.0 Å². The van der Waals surface area contributed by atoms with Crippen molar-refractivity contribution in [1.82, 2.24) is 15.8 Å². The smallest absolute Gasteiger partial charge is 0.344 e. The van der Waals surface area contributed by atoms with Crippen LogP contribution in [-0.2, 0) is 11.4 Å². The van der Waals surface area contributed by atoms with Gasteiger partial charge in [-0.25, -0.2) is 4.79 Å². The van der Waals surface area contributed by atoms with Gasteiger partial charge in [-0.1, -0.05) is 37.3 Å². The lowest BCUT2D eigenvalue weighted by Gasteiger charge is -2.19. The van der Waals surface area contributed by atoms with E-state index < -0.39 is 23.4 Å². The Morgan fingerprint density at radius 3 is 2.53 bits per heavy atom. The monoisotopic (exact) mass is 475 g/mol. The van der Waals surface area contributed by atoms with E-state index in [2.05, 4.69) is 26.7 Å². The second kappa shape index (κ2) is 8.74. The van der Waals surface area contributed by atoms with E-state index in [-0.39, 0.29) is 5.56 Å². The van der Waals surface area contributed by atoms with Gasteiger partial charge in [0, 0.05) is 5.56 Å². The summed E-state index contributed by atoms with van der Waals surface area (Å²) in [7, 11) is 1.46. The Morgan fingerprint density at radius 1 is 1.23 bits per heavy atom. The molecule has 4 amide bonds. The van der Waals surface area contributed by atoms with Gasteiger partial charge in [-0.2, -0.15) is 5.01 Å². The summed E-state index contributed by atoms with van der Waals surface area (Å²) in [4.78, 5) is 37.3. The summed E-state index contributed by atoms with van der Waals surface area (Å²) < 4.78 is 11.7. The Hall–Kier alpha value is -3.07. The zero-order chi connectivity index (χ0) is 21.9. The number of hydrogen-bond acceptors (Lipinski definition) is 5. The fourth-order valence-electron chi connectivity index (χ4n) is 2.91. The van der Waals surface area contributed by atoms with E-state index in [0.717, 1.165) is 5.56 Å². The van der Waals surface area contributed by atoms with Crippen LogP contribution in [0.1, 0.15) is 36.2 Å². The molecular weight excluding hydrogens is 454 g/mol. The first-order valence-electron chi connectivity index (χ1n) is 9.31. The van der Waals surface area contributed by atoms with Crippen LogP contribution in [0.25, 0.3) is 0 Å². The zero-order valence-corrected chi connectivity index (χ0v) is 18.4. The molecule has 1 unspecified atom stereocenters. The maximum atomic E-state index is 12.7. The summed E-state index contributed by atoms with van der Waals surface area (Å²) in [6, 6.07) is 12.0. The number of carbonyl (C=O) groups excluding carboxylic acids is 3. The first kappa shape index (κ1) is 21.6. The van der Waals surface area contributed by atoms with Gasteiger partial charge in [-0.15, -0.1) is 0 Å². The molecule has 8 nitrogen and oxygen atoms in total. The van der Waals surface area contributed by atoms with Crippen LogP contribution < -0.4 is 20.2 Å². The minimum atomic E-state index is -1.04. The Morgan fingerprint density at radius 2 is 1.93 bits per heavy atom. The number of nitrogens with one attached hydrogen (secondary N) is 2. The topological polar surface area (TPSA) is 97.0 Å². The van der Waals surface area contributed by atoms with Crippen LogP contribution in [0.5, 0.6) is 11.5 Å². The SMILES string of the molecule is CCC1(C)NC(=O)N(NC(=O)c2cc(Br)c(OCc3ccccc3)c(OC)c2)C1=O. The molecule has 0 saturated carbocycles. The molecule has 2 aromatic rings. The van der Waals surface area contributed by atoms with E-state index in [0.29, 0.717) is 34.0 Å². The molecule has 158 valence electrons. The fraction of sp³-hybridized carbons (Fsp3) is 0.286.